The normalized spacial score (nSPS) is 14.1. The first kappa shape index (κ1) is 11.8. The van der Waals surface area contributed by atoms with Crippen molar-refractivity contribution in [2.75, 3.05) is 5.75 Å². The van der Waals surface area contributed by atoms with Crippen molar-refractivity contribution in [2.45, 2.75) is 0 Å². The van der Waals surface area contributed by atoms with E-state index in [2.05, 4.69) is 0 Å². The van der Waals surface area contributed by atoms with Crippen LogP contribution in [-0.2, 0) is 11.1 Å². The molecule has 0 aliphatic heterocycles. The van der Waals surface area contributed by atoms with E-state index in [1.807, 2.05) is 0 Å². The Labute approximate surface area is 81.9 Å². The van der Waals surface area contributed by atoms with Crippen LogP contribution >= 0.6 is 23.2 Å². The fraction of sp³-hybridized carbons (Fsp3) is 0.200. The molecule has 0 spiro atoms. The summed E-state index contributed by atoms with van der Waals surface area (Å²) in [4.78, 5) is 0. The Bertz CT molecular complexity index is 264. The topological polar surface area (TPSA) is 85.0 Å². The molecular formula is C5H6Cl2N2O2S. The maximum atomic E-state index is 10.3. The maximum absolute atomic E-state index is 10.3. The molecule has 0 heterocycles. The van der Waals surface area contributed by atoms with Crippen LogP contribution < -0.4 is 0 Å². The highest BCUT2D eigenvalue weighted by molar-refractivity contribution is 7.79. The summed E-state index contributed by atoms with van der Waals surface area (Å²) in [6, 6.07) is 0. The summed E-state index contributed by atoms with van der Waals surface area (Å²) in [6.45, 7) is 0. The van der Waals surface area contributed by atoms with Crippen molar-refractivity contribution in [3.05, 3.63) is 11.6 Å². The van der Waals surface area contributed by atoms with Gasteiger partial charge in [0.15, 0.2) is 11.1 Å². The van der Waals surface area contributed by atoms with Gasteiger partial charge in [-0.1, -0.05) is 23.2 Å². The molecule has 1 unspecified atom stereocenters. The second-order valence-corrected chi connectivity index (χ2v) is 3.51. The second-order valence-electron chi connectivity index (χ2n) is 1.80. The van der Waals surface area contributed by atoms with E-state index in [0.717, 1.165) is 6.08 Å². The van der Waals surface area contributed by atoms with Crippen molar-refractivity contribution in [3.63, 3.8) is 0 Å². The number of rotatable bonds is 4. The number of hydrogen-bond donors (Lipinski definition) is 3. The van der Waals surface area contributed by atoms with E-state index in [1.54, 1.807) is 0 Å². The molecular weight excluding hydrogens is 223 g/mol. The predicted molar refractivity (Wildman–Crippen MR) is 50.9 cm³/mol. The fourth-order valence-corrected chi connectivity index (χ4v) is 1.28. The van der Waals surface area contributed by atoms with Gasteiger partial charge in [-0.25, -0.2) is 4.21 Å². The lowest BCUT2D eigenvalue weighted by atomic mass is 10.3. The quantitative estimate of drug-likeness (QED) is 0.504. The SMILES string of the molecule is N=C(Cl)C=C(CS(=O)O)C(=N)Cl. The average molecular weight is 229 g/mol. The van der Waals surface area contributed by atoms with E-state index in [-0.39, 0.29) is 21.7 Å². The molecule has 0 aliphatic carbocycles. The largest absolute Gasteiger partial charge is 0.306 e. The Morgan fingerprint density at radius 1 is 1.50 bits per heavy atom. The summed E-state index contributed by atoms with van der Waals surface area (Å²) in [5, 5.41) is 13.0. The van der Waals surface area contributed by atoms with Gasteiger partial charge < -0.3 is 4.55 Å². The lowest BCUT2D eigenvalue weighted by Gasteiger charge is -1.98. The van der Waals surface area contributed by atoms with Crippen molar-refractivity contribution in [3.8, 4) is 0 Å². The molecule has 0 amide bonds. The molecule has 0 aromatic rings. The van der Waals surface area contributed by atoms with Crippen LogP contribution in [0.4, 0.5) is 0 Å². The van der Waals surface area contributed by atoms with Crippen LogP contribution in [0.3, 0.4) is 0 Å². The van der Waals surface area contributed by atoms with Gasteiger partial charge in [-0.3, -0.25) is 10.8 Å². The van der Waals surface area contributed by atoms with Crippen molar-refractivity contribution >= 4 is 44.6 Å². The third-order valence-electron chi connectivity index (χ3n) is 0.862. The van der Waals surface area contributed by atoms with Crippen molar-refractivity contribution in [1.29, 1.82) is 10.8 Å². The zero-order chi connectivity index (χ0) is 9.72. The van der Waals surface area contributed by atoms with Crippen molar-refractivity contribution in [2.24, 2.45) is 0 Å². The van der Waals surface area contributed by atoms with Gasteiger partial charge in [-0.2, -0.15) is 0 Å². The average Bonchev–Trinajstić information content (AvgIpc) is 1.83. The summed E-state index contributed by atoms with van der Waals surface area (Å²) in [7, 11) is 0. The van der Waals surface area contributed by atoms with Crippen LogP contribution in [0.25, 0.3) is 0 Å². The monoisotopic (exact) mass is 228 g/mol. The van der Waals surface area contributed by atoms with Crippen molar-refractivity contribution < 1.29 is 8.76 Å². The first-order valence-corrected chi connectivity index (χ1v) is 4.73. The minimum Gasteiger partial charge on any atom is -0.306 e. The molecule has 3 N–H and O–H groups in total. The van der Waals surface area contributed by atoms with Crippen molar-refractivity contribution in [1.82, 2.24) is 0 Å². The third kappa shape index (κ3) is 5.42. The number of allylic oxidation sites excluding steroid dienone is 1. The summed E-state index contributed by atoms with van der Waals surface area (Å²) in [5.74, 6) is -0.294. The molecule has 0 saturated carbocycles. The summed E-state index contributed by atoms with van der Waals surface area (Å²) >= 11 is 8.34. The Hall–Kier alpha value is -0.230. The lowest BCUT2D eigenvalue weighted by Crippen LogP contribution is -2.05. The molecule has 0 aromatic heterocycles. The molecule has 1 atom stereocenters. The van der Waals surface area contributed by atoms with E-state index in [0.29, 0.717) is 0 Å². The summed E-state index contributed by atoms with van der Waals surface area (Å²) in [5.41, 5.74) is 0.0671. The van der Waals surface area contributed by atoms with Crippen LogP contribution in [0.1, 0.15) is 0 Å². The smallest absolute Gasteiger partial charge is 0.157 e. The van der Waals surface area contributed by atoms with Crippen LogP contribution in [0.2, 0.25) is 0 Å². The van der Waals surface area contributed by atoms with E-state index in [9.17, 15) is 4.21 Å². The van der Waals surface area contributed by atoms with Crippen LogP contribution in [0.5, 0.6) is 0 Å². The molecule has 4 nitrogen and oxygen atoms in total. The number of nitrogens with one attached hydrogen (secondary N) is 2. The Morgan fingerprint density at radius 3 is 2.25 bits per heavy atom. The molecule has 7 heteroatoms. The maximum Gasteiger partial charge on any atom is 0.157 e. The molecule has 0 aromatic carbocycles. The van der Waals surface area contributed by atoms with E-state index < -0.39 is 11.1 Å². The minimum absolute atomic E-state index is 0.0671. The molecule has 68 valence electrons. The fourth-order valence-electron chi connectivity index (χ4n) is 0.454. The highest BCUT2D eigenvalue weighted by Gasteiger charge is 2.06. The molecule has 0 rings (SSSR count). The van der Waals surface area contributed by atoms with Gasteiger partial charge in [0.25, 0.3) is 0 Å². The highest BCUT2D eigenvalue weighted by atomic mass is 35.5. The minimum atomic E-state index is -2.08. The summed E-state index contributed by atoms with van der Waals surface area (Å²) in [6.07, 6.45) is 1.06. The number of halogens is 2. The Kier molecular flexibility index (Phi) is 5.32. The van der Waals surface area contributed by atoms with Gasteiger partial charge in [0.1, 0.15) is 10.3 Å². The molecule has 0 saturated heterocycles. The Balaban J connectivity index is 4.55. The molecule has 12 heavy (non-hydrogen) atoms. The third-order valence-corrected chi connectivity index (χ3v) is 1.77. The van der Waals surface area contributed by atoms with Crippen LogP contribution in [0, 0.1) is 10.8 Å². The Morgan fingerprint density at radius 2 is 2.00 bits per heavy atom. The standard InChI is InChI=1S/C5H6Cl2N2O2S/c6-4(8)1-3(5(7)9)2-12(10)11/h1,8-9H,2H2,(H,10,11). The molecule has 0 radical (unpaired) electrons. The number of hydrogen-bond acceptors (Lipinski definition) is 3. The van der Waals surface area contributed by atoms with Gasteiger partial charge in [0.05, 0.1) is 5.75 Å². The molecule has 0 aliphatic rings. The van der Waals surface area contributed by atoms with Crippen LogP contribution in [0.15, 0.2) is 11.6 Å². The highest BCUT2D eigenvalue weighted by Crippen LogP contribution is 2.04. The summed E-state index contributed by atoms with van der Waals surface area (Å²) < 4.78 is 18.7. The lowest BCUT2D eigenvalue weighted by molar-refractivity contribution is 0.567. The first-order chi connectivity index (χ1) is 5.43. The predicted octanol–water partition coefficient (Wildman–Crippen LogP) is 1.57. The van der Waals surface area contributed by atoms with E-state index in [4.69, 9.17) is 38.6 Å². The van der Waals surface area contributed by atoms with E-state index >= 15 is 0 Å². The second kappa shape index (κ2) is 5.42. The first-order valence-electron chi connectivity index (χ1n) is 2.70. The van der Waals surface area contributed by atoms with Gasteiger partial charge in [0.2, 0.25) is 0 Å². The van der Waals surface area contributed by atoms with Gasteiger partial charge in [-0.15, -0.1) is 0 Å². The molecule has 0 bridgehead atoms. The van der Waals surface area contributed by atoms with E-state index in [1.165, 1.54) is 0 Å². The molecule has 0 fully saturated rings. The zero-order valence-corrected chi connectivity index (χ0v) is 8.13. The van der Waals surface area contributed by atoms with Crippen LogP contribution in [-0.4, -0.2) is 24.9 Å². The van der Waals surface area contributed by atoms with Gasteiger partial charge >= 0.3 is 0 Å². The van der Waals surface area contributed by atoms with Gasteiger partial charge in [0, 0.05) is 5.57 Å². The zero-order valence-electron chi connectivity index (χ0n) is 5.80. The van der Waals surface area contributed by atoms with Gasteiger partial charge in [-0.05, 0) is 6.08 Å².